The molecule has 0 saturated carbocycles. The lowest BCUT2D eigenvalue weighted by molar-refractivity contribution is 0.199. The first-order valence-corrected chi connectivity index (χ1v) is 5.68. The van der Waals surface area contributed by atoms with Gasteiger partial charge >= 0.3 is 0 Å². The maximum Gasteiger partial charge on any atom is 0.131 e. The largest absolute Gasteiger partial charge is 0.383 e. The Hall–Kier alpha value is -1.45. The summed E-state index contributed by atoms with van der Waals surface area (Å²) in [5, 5.41) is 4.92. The van der Waals surface area contributed by atoms with Gasteiger partial charge in [-0.1, -0.05) is 30.3 Å². The Balaban J connectivity index is 2.20. The molecule has 0 aliphatic rings. The SMILES string of the molecule is COCCNCc1ccc(F)c2ccccc12. The van der Waals surface area contributed by atoms with Gasteiger partial charge in [-0.15, -0.1) is 0 Å². The van der Waals surface area contributed by atoms with Crippen molar-refractivity contribution in [2.45, 2.75) is 6.54 Å². The van der Waals surface area contributed by atoms with Crippen LogP contribution in [0.3, 0.4) is 0 Å². The van der Waals surface area contributed by atoms with Crippen LogP contribution in [0.5, 0.6) is 0 Å². The van der Waals surface area contributed by atoms with E-state index in [0.29, 0.717) is 12.0 Å². The molecule has 0 spiro atoms. The van der Waals surface area contributed by atoms with Crippen LogP contribution in [0, 0.1) is 5.82 Å². The quantitative estimate of drug-likeness (QED) is 0.802. The molecule has 0 heterocycles. The first-order chi connectivity index (χ1) is 8.33. The van der Waals surface area contributed by atoms with Crippen LogP contribution < -0.4 is 5.32 Å². The topological polar surface area (TPSA) is 21.3 Å². The molecule has 0 aliphatic heterocycles. The Morgan fingerprint density at radius 2 is 1.88 bits per heavy atom. The molecule has 0 unspecified atom stereocenters. The number of hydrogen-bond acceptors (Lipinski definition) is 2. The minimum Gasteiger partial charge on any atom is -0.383 e. The summed E-state index contributed by atoms with van der Waals surface area (Å²) < 4.78 is 18.5. The van der Waals surface area contributed by atoms with Crippen molar-refractivity contribution in [2.24, 2.45) is 0 Å². The molecule has 0 aromatic heterocycles. The van der Waals surface area contributed by atoms with Crippen LogP contribution in [0.2, 0.25) is 0 Å². The summed E-state index contributed by atoms with van der Waals surface area (Å²) in [6.07, 6.45) is 0. The van der Waals surface area contributed by atoms with Crippen LogP contribution in [-0.2, 0) is 11.3 Å². The third-order valence-corrected chi connectivity index (χ3v) is 2.76. The van der Waals surface area contributed by atoms with Crippen molar-refractivity contribution in [1.82, 2.24) is 5.32 Å². The second-order valence-corrected chi connectivity index (χ2v) is 3.92. The van der Waals surface area contributed by atoms with Crippen LogP contribution in [0.15, 0.2) is 36.4 Å². The summed E-state index contributed by atoms with van der Waals surface area (Å²) >= 11 is 0. The second kappa shape index (κ2) is 5.75. The lowest BCUT2D eigenvalue weighted by Crippen LogP contribution is -2.18. The van der Waals surface area contributed by atoms with E-state index in [1.165, 1.54) is 6.07 Å². The van der Waals surface area contributed by atoms with Gasteiger partial charge in [-0.05, 0) is 17.0 Å². The lowest BCUT2D eigenvalue weighted by Gasteiger charge is -2.08. The highest BCUT2D eigenvalue weighted by molar-refractivity contribution is 5.86. The highest BCUT2D eigenvalue weighted by Crippen LogP contribution is 2.21. The molecule has 0 radical (unpaired) electrons. The van der Waals surface area contributed by atoms with Crippen LogP contribution in [-0.4, -0.2) is 20.3 Å². The molecule has 2 nitrogen and oxygen atoms in total. The second-order valence-electron chi connectivity index (χ2n) is 3.92. The molecule has 2 rings (SSSR count). The smallest absolute Gasteiger partial charge is 0.131 e. The molecule has 0 saturated heterocycles. The monoisotopic (exact) mass is 233 g/mol. The van der Waals surface area contributed by atoms with Crippen LogP contribution >= 0.6 is 0 Å². The van der Waals surface area contributed by atoms with E-state index in [9.17, 15) is 4.39 Å². The highest BCUT2D eigenvalue weighted by atomic mass is 19.1. The maximum absolute atomic E-state index is 13.6. The Labute approximate surface area is 100 Å². The Morgan fingerprint density at radius 3 is 2.65 bits per heavy atom. The van der Waals surface area contributed by atoms with Crippen molar-refractivity contribution in [3.8, 4) is 0 Å². The predicted octanol–water partition coefficient (Wildman–Crippen LogP) is 2.71. The predicted molar refractivity (Wildman–Crippen MR) is 67.5 cm³/mol. The number of nitrogens with one attached hydrogen (secondary N) is 1. The van der Waals surface area contributed by atoms with Crippen molar-refractivity contribution in [1.29, 1.82) is 0 Å². The Bertz CT molecular complexity index is 499. The van der Waals surface area contributed by atoms with Gasteiger partial charge in [0, 0.05) is 25.6 Å². The van der Waals surface area contributed by atoms with Crippen molar-refractivity contribution in [3.05, 3.63) is 47.8 Å². The average molecular weight is 233 g/mol. The summed E-state index contributed by atoms with van der Waals surface area (Å²) in [5.74, 6) is -0.166. The zero-order valence-electron chi connectivity index (χ0n) is 9.87. The van der Waals surface area contributed by atoms with Crippen molar-refractivity contribution in [2.75, 3.05) is 20.3 Å². The summed E-state index contributed by atoms with van der Waals surface area (Å²) in [4.78, 5) is 0. The molecule has 0 amide bonds. The summed E-state index contributed by atoms with van der Waals surface area (Å²) in [6.45, 7) is 2.20. The maximum atomic E-state index is 13.6. The molecular formula is C14H16FNO. The van der Waals surface area contributed by atoms with E-state index in [1.807, 2.05) is 30.3 Å². The van der Waals surface area contributed by atoms with Crippen LogP contribution in [0.25, 0.3) is 10.8 Å². The number of ether oxygens (including phenoxy) is 1. The molecule has 0 aliphatic carbocycles. The van der Waals surface area contributed by atoms with Gasteiger partial charge in [0.15, 0.2) is 0 Å². The Morgan fingerprint density at radius 1 is 1.12 bits per heavy atom. The number of halogens is 1. The van der Waals surface area contributed by atoms with E-state index in [-0.39, 0.29) is 5.82 Å². The zero-order valence-corrected chi connectivity index (χ0v) is 9.87. The molecule has 2 aromatic carbocycles. The fraction of sp³-hybridized carbons (Fsp3) is 0.286. The average Bonchev–Trinajstić information content (AvgIpc) is 2.37. The molecular weight excluding hydrogens is 217 g/mol. The first-order valence-electron chi connectivity index (χ1n) is 5.68. The van der Waals surface area contributed by atoms with Gasteiger partial charge in [-0.3, -0.25) is 0 Å². The summed E-state index contributed by atoms with van der Waals surface area (Å²) in [5.41, 5.74) is 1.11. The van der Waals surface area contributed by atoms with E-state index in [1.54, 1.807) is 7.11 Å². The third kappa shape index (κ3) is 2.81. The van der Waals surface area contributed by atoms with E-state index in [4.69, 9.17) is 4.74 Å². The fourth-order valence-corrected chi connectivity index (χ4v) is 1.88. The summed E-state index contributed by atoms with van der Waals surface area (Å²) in [7, 11) is 1.68. The third-order valence-electron chi connectivity index (χ3n) is 2.76. The molecule has 0 atom stereocenters. The van der Waals surface area contributed by atoms with Gasteiger partial charge in [-0.25, -0.2) is 4.39 Å². The van der Waals surface area contributed by atoms with Gasteiger partial charge in [0.1, 0.15) is 5.82 Å². The number of hydrogen-bond donors (Lipinski definition) is 1. The number of fused-ring (bicyclic) bond motifs is 1. The normalized spacial score (nSPS) is 10.9. The van der Waals surface area contributed by atoms with Gasteiger partial charge in [0.25, 0.3) is 0 Å². The molecule has 2 aromatic rings. The fourth-order valence-electron chi connectivity index (χ4n) is 1.88. The molecule has 3 heteroatoms. The van der Waals surface area contributed by atoms with Gasteiger partial charge < -0.3 is 10.1 Å². The van der Waals surface area contributed by atoms with E-state index in [0.717, 1.165) is 24.0 Å². The molecule has 17 heavy (non-hydrogen) atoms. The number of methoxy groups -OCH3 is 1. The van der Waals surface area contributed by atoms with Gasteiger partial charge in [0.2, 0.25) is 0 Å². The first kappa shape index (κ1) is 12.0. The zero-order chi connectivity index (χ0) is 12.1. The van der Waals surface area contributed by atoms with E-state index >= 15 is 0 Å². The van der Waals surface area contributed by atoms with Gasteiger partial charge in [-0.2, -0.15) is 0 Å². The minimum absolute atomic E-state index is 0.166. The van der Waals surface area contributed by atoms with Crippen LogP contribution in [0.4, 0.5) is 4.39 Å². The number of benzene rings is 2. The number of rotatable bonds is 5. The highest BCUT2D eigenvalue weighted by Gasteiger charge is 2.04. The van der Waals surface area contributed by atoms with E-state index in [2.05, 4.69) is 5.32 Å². The molecule has 1 N–H and O–H groups in total. The van der Waals surface area contributed by atoms with Crippen molar-refractivity contribution >= 4 is 10.8 Å². The van der Waals surface area contributed by atoms with Crippen LogP contribution in [0.1, 0.15) is 5.56 Å². The standard InChI is InChI=1S/C14H16FNO/c1-17-9-8-16-10-11-6-7-14(15)13-5-3-2-4-12(11)13/h2-7,16H,8-10H2,1H3. The molecule has 0 bridgehead atoms. The minimum atomic E-state index is -0.166. The van der Waals surface area contributed by atoms with Crippen molar-refractivity contribution in [3.63, 3.8) is 0 Å². The molecule has 0 fully saturated rings. The van der Waals surface area contributed by atoms with Gasteiger partial charge in [0.05, 0.1) is 6.61 Å². The van der Waals surface area contributed by atoms with Crippen molar-refractivity contribution < 1.29 is 9.13 Å². The summed E-state index contributed by atoms with van der Waals surface area (Å²) in [6, 6.07) is 10.9. The van der Waals surface area contributed by atoms with E-state index < -0.39 is 0 Å². The Kier molecular flexibility index (Phi) is 4.07. The lowest BCUT2D eigenvalue weighted by atomic mass is 10.0. The molecule has 90 valence electrons.